The van der Waals surface area contributed by atoms with Crippen LogP contribution in [0.3, 0.4) is 0 Å². The van der Waals surface area contributed by atoms with Gasteiger partial charge in [-0.05, 0) is 30.3 Å². The summed E-state index contributed by atoms with van der Waals surface area (Å²) in [6.07, 6.45) is -4.93. The normalized spacial score (nSPS) is 11.2. The minimum Gasteiger partial charge on any atom is -0.383 e. The minimum absolute atomic E-state index is 0.151. The van der Waals surface area contributed by atoms with Crippen LogP contribution in [0.4, 0.5) is 34.6 Å². The molecule has 7 nitrogen and oxygen atoms in total. The number of carbonyl (C=O) groups is 1. The van der Waals surface area contributed by atoms with E-state index >= 15 is 0 Å². The maximum atomic E-state index is 13.3. The van der Waals surface area contributed by atoms with Gasteiger partial charge in [0.15, 0.2) is 0 Å². The first kappa shape index (κ1) is 21.1. The number of nitrogens with one attached hydrogen (secondary N) is 2. The molecule has 0 unspecified atom stereocenters. The van der Waals surface area contributed by atoms with E-state index in [9.17, 15) is 32.5 Å². The molecule has 0 aliphatic heterocycles. The molecule has 0 bridgehead atoms. The van der Waals surface area contributed by atoms with Gasteiger partial charge in [0.1, 0.15) is 11.5 Å². The summed E-state index contributed by atoms with van der Waals surface area (Å²) >= 11 is 0. The summed E-state index contributed by atoms with van der Waals surface area (Å²) < 4.78 is 56.4. The first-order chi connectivity index (χ1) is 13.1. The average molecular weight is 401 g/mol. The lowest BCUT2D eigenvalue weighted by Crippen LogP contribution is -2.15. The zero-order valence-corrected chi connectivity index (χ0v) is 14.5. The van der Waals surface area contributed by atoms with E-state index < -0.39 is 28.4 Å². The third-order valence-electron chi connectivity index (χ3n) is 3.61. The largest absolute Gasteiger partial charge is 0.419 e. The molecule has 28 heavy (non-hydrogen) atoms. The highest BCUT2D eigenvalue weighted by Crippen LogP contribution is 2.33. The Morgan fingerprint density at radius 3 is 2.54 bits per heavy atom. The Balaban J connectivity index is 2.25. The zero-order valence-electron chi connectivity index (χ0n) is 14.5. The molecule has 0 aliphatic rings. The van der Waals surface area contributed by atoms with Crippen LogP contribution in [0.5, 0.6) is 0 Å². The number of amides is 1. The molecule has 150 valence electrons. The fourth-order valence-electron chi connectivity index (χ4n) is 2.28. The monoisotopic (exact) mass is 401 g/mol. The summed E-state index contributed by atoms with van der Waals surface area (Å²) in [7, 11) is 1.46. The van der Waals surface area contributed by atoms with Crippen molar-refractivity contribution in [3.05, 3.63) is 63.5 Å². The van der Waals surface area contributed by atoms with Crippen LogP contribution in [-0.2, 0) is 10.9 Å². The van der Waals surface area contributed by atoms with Crippen LogP contribution in [-0.4, -0.2) is 31.1 Å². The van der Waals surface area contributed by atoms with Crippen LogP contribution in [0.1, 0.15) is 15.9 Å². The number of alkyl halides is 3. The van der Waals surface area contributed by atoms with Crippen LogP contribution in [0, 0.1) is 15.9 Å². The van der Waals surface area contributed by atoms with Crippen molar-refractivity contribution in [2.45, 2.75) is 6.18 Å². The van der Waals surface area contributed by atoms with Crippen LogP contribution in [0.15, 0.2) is 36.4 Å². The molecule has 0 spiro atoms. The van der Waals surface area contributed by atoms with Gasteiger partial charge in [-0.15, -0.1) is 0 Å². The van der Waals surface area contributed by atoms with Gasteiger partial charge in [-0.3, -0.25) is 14.9 Å². The highest BCUT2D eigenvalue weighted by Gasteiger charge is 2.34. The van der Waals surface area contributed by atoms with Gasteiger partial charge < -0.3 is 15.4 Å². The van der Waals surface area contributed by atoms with Crippen molar-refractivity contribution >= 4 is 23.0 Å². The van der Waals surface area contributed by atoms with Crippen LogP contribution in [0.2, 0.25) is 0 Å². The number of rotatable bonds is 7. The van der Waals surface area contributed by atoms with Crippen molar-refractivity contribution < 1.29 is 32.0 Å². The Labute approximate surface area is 156 Å². The van der Waals surface area contributed by atoms with Gasteiger partial charge in [-0.1, -0.05) is 0 Å². The lowest BCUT2D eigenvalue weighted by atomic mass is 10.1. The number of nitro benzene ring substituents is 1. The second-order valence-corrected chi connectivity index (χ2v) is 5.56. The Morgan fingerprint density at radius 2 is 1.93 bits per heavy atom. The molecule has 0 heterocycles. The topological polar surface area (TPSA) is 93.5 Å². The molecule has 0 aliphatic carbocycles. The molecule has 0 atom stereocenters. The van der Waals surface area contributed by atoms with Gasteiger partial charge >= 0.3 is 6.18 Å². The number of ether oxygens (including phenoxy) is 1. The van der Waals surface area contributed by atoms with E-state index in [0.717, 1.165) is 12.1 Å². The predicted molar refractivity (Wildman–Crippen MR) is 92.8 cm³/mol. The summed E-state index contributed by atoms with van der Waals surface area (Å²) in [6, 6.07) is 5.53. The number of halogens is 4. The first-order valence-electron chi connectivity index (χ1n) is 7.83. The van der Waals surface area contributed by atoms with Crippen molar-refractivity contribution in [3.8, 4) is 0 Å². The SMILES string of the molecule is COCCNc1ccc(C(=O)Nc2ccc(F)c(C(F)(F)F)c2)cc1[N+](=O)[O-]. The lowest BCUT2D eigenvalue weighted by Gasteiger charge is -2.12. The molecule has 0 saturated heterocycles. The highest BCUT2D eigenvalue weighted by atomic mass is 19.4. The molecule has 11 heteroatoms. The maximum absolute atomic E-state index is 13.3. The fraction of sp³-hybridized carbons (Fsp3) is 0.235. The van der Waals surface area contributed by atoms with E-state index in [0.29, 0.717) is 25.3 Å². The van der Waals surface area contributed by atoms with E-state index in [1.807, 2.05) is 0 Å². The van der Waals surface area contributed by atoms with E-state index in [-0.39, 0.29) is 22.6 Å². The highest BCUT2D eigenvalue weighted by molar-refractivity contribution is 6.05. The van der Waals surface area contributed by atoms with E-state index in [4.69, 9.17) is 4.74 Å². The molecule has 1 amide bonds. The Kier molecular flexibility index (Phi) is 6.52. The second-order valence-electron chi connectivity index (χ2n) is 5.56. The molecule has 2 aromatic rings. The minimum atomic E-state index is -4.93. The zero-order chi connectivity index (χ0) is 20.9. The van der Waals surface area contributed by atoms with Gasteiger partial charge in [0.25, 0.3) is 11.6 Å². The molecule has 2 N–H and O–H groups in total. The number of carbonyl (C=O) groups excluding carboxylic acids is 1. The van der Waals surface area contributed by atoms with Crippen molar-refractivity contribution in [1.29, 1.82) is 0 Å². The summed E-state index contributed by atoms with van der Waals surface area (Å²) in [4.78, 5) is 22.8. The summed E-state index contributed by atoms with van der Waals surface area (Å²) in [5.74, 6) is -2.36. The van der Waals surface area contributed by atoms with Gasteiger partial charge in [0, 0.05) is 31.0 Å². The maximum Gasteiger partial charge on any atom is 0.419 e. The summed E-state index contributed by atoms with van der Waals surface area (Å²) in [5, 5.41) is 16.2. The van der Waals surface area contributed by atoms with Crippen LogP contribution in [0.25, 0.3) is 0 Å². The molecule has 0 radical (unpaired) electrons. The number of nitro groups is 1. The number of benzene rings is 2. The predicted octanol–water partition coefficient (Wildman–Crippen LogP) is 4.06. The Bertz CT molecular complexity index is 887. The number of anilines is 2. The van der Waals surface area contributed by atoms with Crippen LogP contribution < -0.4 is 10.6 Å². The van der Waals surface area contributed by atoms with Gasteiger partial charge in [-0.2, -0.15) is 13.2 Å². The van der Waals surface area contributed by atoms with Crippen molar-refractivity contribution in [2.24, 2.45) is 0 Å². The molecule has 0 aromatic heterocycles. The Morgan fingerprint density at radius 1 is 1.21 bits per heavy atom. The first-order valence-corrected chi connectivity index (χ1v) is 7.83. The number of methoxy groups -OCH3 is 1. The smallest absolute Gasteiger partial charge is 0.383 e. The van der Waals surface area contributed by atoms with Crippen molar-refractivity contribution in [2.75, 3.05) is 30.9 Å². The quantitative estimate of drug-likeness (QED) is 0.316. The third-order valence-corrected chi connectivity index (χ3v) is 3.61. The molecule has 0 fully saturated rings. The molecule has 0 saturated carbocycles. The van der Waals surface area contributed by atoms with Gasteiger partial charge in [-0.25, -0.2) is 4.39 Å². The van der Waals surface area contributed by atoms with Crippen molar-refractivity contribution in [3.63, 3.8) is 0 Å². The van der Waals surface area contributed by atoms with E-state index in [2.05, 4.69) is 10.6 Å². The van der Waals surface area contributed by atoms with E-state index in [1.54, 1.807) is 0 Å². The van der Waals surface area contributed by atoms with Crippen LogP contribution >= 0.6 is 0 Å². The summed E-state index contributed by atoms with van der Waals surface area (Å²) in [6.45, 7) is 0.587. The summed E-state index contributed by atoms with van der Waals surface area (Å²) in [5.41, 5.74) is -2.22. The number of nitrogens with zero attached hydrogens (tertiary/aromatic N) is 1. The van der Waals surface area contributed by atoms with Crippen molar-refractivity contribution in [1.82, 2.24) is 0 Å². The molecular weight excluding hydrogens is 386 g/mol. The average Bonchev–Trinajstić information content (AvgIpc) is 2.62. The molecular formula is C17H15F4N3O4. The Hall–Kier alpha value is -3.21. The number of hydrogen-bond acceptors (Lipinski definition) is 5. The van der Waals surface area contributed by atoms with Gasteiger partial charge in [0.2, 0.25) is 0 Å². The lowest BCUT2D eigenvalue weighted by molar-refractivity contribution is -0.384. The number of hydrogen-bond donors (Lipinski definition) is 2. The molecule has 2 rings (SSSR count). The fourth-order valence-corrected chi connectivity index (χ4v) is 2.28. The van der Waals surface area contributed by atoms with Gasteiger partial charge in [0.05, 0.1) is 17.1 Å². The molecule has 2 aromatic carbocycles. The van der Waals surface area contributed by atoms with E-state index in [1.165, 1.54) is 19.2 Å². The third kappa shape index (κ3) is 5.16. The second kappa shape index (κ2) is 8.65. The standard InChI is InChI=1S/C17H15F4N3O4/c1-28-7-6-22-14-5-2-10(8-15(14)24(26)27)16(25)23-11-3-4-13(18)12(9-11)17(19,20)21/h2-5,8-9,22H,6-7H2,1H3,(H,23,25).